The van der Waals surface area contributed by atoms with Crippen molar-refractivity contribution in [2.75, 3.05) is 23.3 Å². The predicted molar refractivity (Wildman–Crippen MR) is 160 cm³/mol. The van der Waals surface area contributed by atoms with E-state index in [-0.39, 0.29) is 0 Å². The Morgan fingerprint density at radius 2 is 1.85 bits per heavy atom. The van der Waals surface area contributed by atoms with E-state index in [4.69, 9.17) is 9.97 Å². The zero-order valence-electron chi connectivity index (χ0n) is 22.8. The van der Waals surface area contributed by atoms with Crippen molar-refractivity contribution >= 4 is 33.6 Å². The van der Waals surface area contributed by atoms with E-state index in [9.17, 15) is 0 Å². The molecule has 9 nitrogen and oxygen atoms in total. The van der Waals surface area contributed by atoms with Crippen molar-refractivity contribution in [3.63, 3.8) is 0 Å². The van der Waals surface area contributed by atoms with Crippen LogP contribution in [0.2, 0.25) is 0 Å². The molecule has 2 fully saturated rings. The van der Waals surface area contributed by atoms with Crippen LogP contribution in [0.25, 0.3) is 45.0 Å². The summed E-state index contributed by atoms with van der Waals surface area (Å²) in [5.74, 6) is 1.40. The lowest BCUT2D eigenvalue weighted by Crippen LogP contribution is -2.29. The molecule has 1 aliphatic carbocycles. The van der Waals surface area contributed by atoms with Gasteiger partial charge in [0.05, 0.1) is 28.8 Å². The number of fused-ring (bicyclic) bond motifs is 2. The van der Waals surface area contributed by atoms with Gasteiger partial charge in [0, 0.05) is 36.7 Å². The van der Waals surface area contributed by atoms with Gasteiger partial charge in [0.15, 0.2) is 17.2 Å². The number of nitrogens with zero attached hydrogens (tertiary/aromatic N) is 6. The summed E-state index contributed by atoms with van der Waals surface area (Å²) in [7, 11) is 0. The highest BCUT2D eigenvalue weighted by molar-refractivity contribution is 5.93. The number of H-pyrrole nitrogens is 2. The van der Waals surface area contributed by atoms with Crippen molar-refractivity contribution in [1.29, 1.82) is 0 Å². The fourth-order valence-corrected chi connectivity index (χ4v) is 6.28. The average Bonchev–Trinajstić information content (AvgIpc) is 3.62. The maximum absolute atomic E-state index is 5.00. The second-order valence-electron chi connectivity index (χ2n) is 11.2. The van der Waals surface area contributed by atoms with Crippen molar-refractivity contribution in [3.8, 4) is 22.8 Å². The van der Waals surface area contributed by atoms with Gasteiger partial charge < -0.3 is 15.2 Å². The summed E-state index contributed by atoms with van der Waals surface area (Å²) >= 11 is 0. The first-order valence-corrected chi connectivity index (χ1v) is 14.6. The van der Waals surface area contributed by atoms with E-state index in [2.05, 4.69) is 54.1 Å². The van der Waals surface area contributed by atoms with Crippen LogP contribution in [0.3, 0.4) is 0 Å². The van der Waals surface area contributed by atoms with Gasteiger partial charge in [0.1, 0.15) is 11.0 Å². The van der Waals surface area contributed by atoms with Crippen LogP contribution >= 0.6 is 0 Å². The van der Waals surface area contributed by atoms with Crippen LogP contribution < -0.4 is 10.2 Å². The van der Waals surface area contributed by atoms with E-state index < -0.39 is 0 Å². The van der Waals surface area contributed by atoms with Gasteiger partial charge in [-0.1, -0.05) is 38.7 Å². The van der Waals surface area contributed by atoms with Gasteiger partial charge in [0.25, 0.3) is 0 Å². The number of hydrogen-bond donors (Lipinski definition) is 3. The maximum Gasteiger partial charge on any atom is 0.180 e. The van der Waals surface area contributed by atoms with E-state index >= 15 is 0 Å². The molecular weight excluding hydrogens is 498 g/mol. The number of imidazole rings is 1. The summed E-state index contributed by atoms with van der Waals surface area (Å²) in [6.45, 7) is 6.40. The van der Waals surface area contributed by atoms with Crippen molar-refractivity contribution in [2.24, 2.45) is 5.92 Å². The Balaban J connectivity index is 1.17. The molecule has 5 aromatic heterocycles. The van der Waals surface area contributed by atoms with E-state index in [1.54, 1.807) is 0 Å². The normalized spacial score (nSPS) is 16.6. The first-order chi connectivity index (χ1) is 19.7. The van der Waals surface area contributed by atoms with Crippen LogP contribution in [0.15, 0.2) is 55.1 Å². The molecule has 0 bridgehead atoms. The van der Waals surface area contributed by atoms with Crippen molar-refractivity contribution in [3.05, 3.63) is 55.1 Å². The number of nitrogens with one attached hydrogen (secondary N) is 3. The van der Waals surface area contributed by atoms with Crippen LogP contribution in [0.4, 0.5) is 11.4 Å². The number of pyridine rings is 3. The highest BCUT2D eigenvalue weighted by Crippen LogP contribution is 2.32. The molecule has 40 heavy (non-hydrogen) atoms. The van der Waals surface area contributed by atoms with Crippen LogP contribution in [-0.4, -0.2) is 48.2 Å². The van der Waals surface area contributed by atoms with Gasteiger partial charge in [-0.15, -0.1) is 0 Å². The Labute approximate surface area is 233 Å². The van der Waals surface area contributed by atoms with Gasteiger partial charge in [0.2, 0.25) is 0 Å². The molecule has 7 rings (SSSR count). The van der Waals surface area contributed by atoms with Crippen molar-refractivity contribution in [1.82, 2.24) is 35.1 Å². The molecule has 9 heteroatoms. The molecular formula is C31H35N9. The van der Waals surface area contributed by atoms with Crippen LogP contribution in [0.5, 0.6) is 0 Å². The molecule has 0 spiro atoms. The molecule has 0 radical (unpaired) electrons. The molecule has 6 heterocycles. The first kappa shape index (κ1) is 24.7. The zero-order chi connectivity index (χ0) is 26.9. The van der Waals surface area contributed by atoms with Gasteiger partial charge in [-0.05, 0) is 55.9 Å². The van der Waals surface area contributed by atoms with E-state index in [0.717, 1.165) is 70.3 Å². The molecule has 0 aromatic carbocycles. The maximum atomic E-state index is 5.00. The highest BCUT2D eigenvalue weighted by atomic mass is 15.2. The van der Waals surface area contributed by atoms with Gasteiger partial charge in [-0.25, -0.2) is 15.0 Å². The fourth-order valence-electron chi connectivity index (χ4n) is 6.28. The third-order valence-electron chi connectivity index (χ3n) is 8.31. The summed E-state index contributed by atoms with van der Waals surface area (Å²) in [5.41, 5.74) is 8.83. The SMILES string of the molecule is C=C(CC1CCCCC1)Nc1cncc(-c2ccc3[nH]nc(-c4nc5nccc(N6CCCCC6)c5[nH]4)c3n2)c1. The second kappa shape index (κ2) is 10.7. The number of rotatable bonds is 7. The molecule has 204 valence electrons. The third-order valence-corrected chi connectivity index (χ3v) is 8.31. The van der Waals surface area contributed by atoms with E-state index in [0.29, 0.717) is 17.2 Å². The Bertz CT molecular complexity index is 1650. The predicted octanol–water partition coefficient (Wildman–Crippen LogP) is 6.84. The van der Waals surface area contributed by atoms with Gasteiger partial charge in [-0.2, -0.15) is 5.10 Å². The van der Waals surface area contributed by atoms with Crippen molar-refractivity contribution in [2.45, 2.75) is 57.8 Å². The molecule has 1 aliphatic heterocycles. The summed E-state index contributed by atoms with van der Waals surface area (Å²) in [6, 6.07) is 8.17. The summed E-state index contributed by atoms with van der Waals surface area (Å²) in [6.07, 6.45) is 16.9. The lowest BCUT2D eigenvalue weighted by molar-refractivity contribution is 0.357. The zero-order valence-corrected chi connectivity index (χ0v) is 22.8. The van der Waals surface area contributed by atoms with Crippen LogP contribution in [0.1, 0.15) is 57.8 Å². The second-order valence-corrected chi connectivity index (χ2v) is 11.2. The van der Waals surface area contributed by atoms with E-state index in [1.807, 2.05) is 30.7 Å². The summed E-state index contributed by atoms with van der Waals surface area (Å²) in [4.78, 5) is 24.8. The molecule has 3 N–H and O–H groups in total. The molecule has 2 aliphatic rings. The minimum absolute atomic E-state index is 0.662. The molecule has 0 unspecified atom stereocenters. The fraction of sp³-hybridized carbons (Fsp3) is 0.387. The molecule has 0 amide bonds. The number of aromatic amines is 2. The number of anilines is 2. The van der Waals surface area contributed by atoms with Gasteiger partial charge in [-0.3, -0.25) is 10.1 Å². The lowest BCUT2D eigenvalue weighted by Gasteiger charge is -2.28. The summed E-state index contributed by atoms with van der Waals surface area (Å²) < 4.78 is 0. The molecule has 5 aromatic rings. The highest BCUT2D eigenvalue weighted by Gasteiger charge is 2.20. The minimum atomic E-state index is 0.662. The monoisotopic (exact) mass is 533 g/mol. The number of piperidine rings is 1. The standard InChI is InChI=1S/C31H35N9/c1-20(16-21-8-4-2-5-9-21)34-23-17-22(18-32-19-23)24-10-11-25-27(35-24)29(39-38-25)31-36-28-26(12-13-33-30(28)37-31)40-14-6-3-7-15-40/h10-13,17-19,21,34H,1-9,14-16H2,(H,38,39)(H,33,36,37). The first-order valence-electron chi connectivity index (χ1n) is 14.6. The Morgan fingerprint density at radius 1 is 1.00 bits per heavy atom. The number of allylic oxidation sites excluding steroid dienone is 1. The Hall–Kier alpha value is -4.27. The summed E-state index contributed by atoms with van der Waals surface area (Å²) in [5, 5.41) is 11.2. The minimum Gasteiger partial charge on any atom is -0.370 e. The third kappa shape index (κ3) is 4.92. The van der Waals surface area contributed by atoms with Crippen molar-refractivity contribution < 1.29 is 0 Å². The van der Waals surface area contributed by atoms with Gasteiger partial charge >= 0.3 is 0 Å². The smallest absolute Gasteiger partial charge is 0.180 e. The van der Waals surface area contributed by atoms with Crippen LogP contribution in [-0.2, 0) is 0 Å². The lowest BCUT2D eigenvalue weighted by atomic mass is 9.86. The topological polar surface area (TPSA) is 111 Å². The Kier molecular flexibility index (Phi) is 6.63. The largest absolute Gasteiger partial charge is 0.370 e. The number of aromatic nitrogens is 7. The Morgan fingerprint density at radius 3 is 2.73 bits per heavy atom. The number of hydrogen-bond acceptors (Lipinski definition) is 7. The van der Waals surface area contributed by atoms with Crippen LogP contribution in [0, 0.1) is 5.92 Å². The molecule has 0 atom stereocenters. The average molecular weight is 534 g/mol. The van der Waals surface area contributed by atoms with E-state index in [1.165, 1.54) is 51.4 Å². The molecule has 1 saturated heterocycles. The quantitative estimate of drug-likeness (QED) is 0.210. The molecule has 1 saturated carbocycles.